The van der Waals surface area contributed by atoms with Crippen molar-refractivity contribution < 1.29 is 9.72 Å². The molecular formula is C17H21N5O3. The van der Waals surface area contributed by atoms with Gasteiger partial charge in [0.15, 0.2) is 5.82 Å². The molecule has 8 nitrogen and oxygen atoms in total. The molecule has 0 aliphatic carbocycles. The zero-order valence-electron chi connectivity index (χ0n) is 14.4. The van der Waals surface area contributed by atoms with Crippen LogP contribution >= 0.6 is 0 Å². The topological polar surface area (TPSA) is 110 Å². The molecule has 2 rings (SSSR count). The number of nitrogens with zero attached hydrogens (tertiary/aromatic N) is 3. The second-order valence-electron chi connectivity index (χ2n) is 5.90. The Bertz CT molecular complexity index is 777. The first-order valence-electron chi connectivity index (χ1n) is 7.99. The van der Waals surface area contributed by atoms with Gasteiger partial charge in [-0.2, -0.15) is 0 Å². The summed E-state index contributed by atoms with van der Waals surface area (Å²) in [7, 11) is 0. The normalized spacial score (nSPS) is 10.6. The average Bonchev–Trinajstić information content (AvgIpc) is 2.58. The first-order chi connectivity index (χ1) is 11.9. The van der Waals surface area contributed by atoms with Gasteiger partial charge in [-0.05, 0) is 6.92 Å². The molecule has 2 aromatic rings. The molecule has 132 valence electrons. The second-order valence-corrected chi connectivity index (χ2v) is 5.90. The Morgan fingerprint density at radius 1 is 1.24 bits per heavy atom. The molecule has 0 saturated heterocycles. The zero-order valence-corrected chi connectivity index (χ0v) is 14.4. The van der Waals surface area contributed by atoms with Crippen LogP contribution in [0.5, 0.6) is 0 Å². The van der Waals surface area contributed by atoms with E-state index in [0.29, 0.717) is 30.3 Å². The van der Waals surface area contributed by atoms with E-state index < -0.39 is 4.92 Å². The van der Waals surface area contributed by atoms with E-state index in [4.69, 9.17) is 0 Å². The fourth-order valence-electron chi connectivity index (χ4n) is 2.13. The third kappa shape index (κ3) is 5.23. The Morgan fingerprint density at radius 3 is 2.68 bits per heavy atom. The standard InChI is InChI=1S/C17H21N5O3/c1-11(2)17(23)19-8-7-18-15-9-12(3)20-16(21-15)13-5-4-6-14(10-13)22(24)25/h4-6,9-11H,7-8H2,1-3H3,(H,19,23)(H,18,20,21). The lowest BCUT2D eigenvalue weighted by atomic mass is 10.2. The highest BCUT2D eigenvalue weighted by Crippen LogP contribution is 2.22. The molecule has 0 fully saturated rings. The van der Waals surface area contributed by atoms with Crippen molar-refractivity contribution in [3.05, 3.63) is 46.1 Å². The molecule has 0 spiro atoms. The monoisotopic (exact) mass is 343 g/mol. The number of aromatic nitrogens is 2. The molecule has 0 atom stereocenters. The van der Waals surface area contributed by atoms with Crippen molar-refractivity contribution in [3.63, 3.8) is 0 Å². The van der Waals surface area contributed by atoms with Gasteiger partial charge in [0.1, 0.15) is 5.82 Å². The van der Waals surface area contributed by atoms with Crippen LogP contribution in [0.25, 0.3) is 11.4 Å². The van der Waals surface area contributed by atoms with Gasteiger partial charge in [0.2, 0.25) is 5.91 Å². The molecule has 0 aliphatic rings. The van der Waals surface area contributed by atoms with E-state index in [1.54, 1.807) is 18.2 Å². The zero-order chi connectivity index (χ0) is 18.4. The van der Waals surface area contributed by atoms with Crippen LogP contribution in [0, 0.1) is 23.0 Å². The Kier molecular flexibility index (Phi) is 5.99. The van der Waals surface area contributed by atoms with Crippen molar-refractivity contribution in [1.82, 2.24) is 15.3 Å². The highest BCUT2D eigenvalue weighted by atomic mass is 16.6. The lowest BCUT2D eigenvalue weighted by molar-refractivity contribution is -0.384. The molecule has 0 aliphatic heterocycles. The minimum Gasteiger partial charge on any atom is -0.368 e. The molecule has 0 unspecified atom stereocenters. The van der Waals surface area contributed by atoms with E-state index in [2.05, 4.69) is 20.6 Å². The Balaban J connectivity index is 2.08. The fourth-order valence-corrected chi connectivity index (χ4v) is 2.13. The van der Waals surface area contributed by atoms with Crippen LogP contribution in [0.4, 0.5) is 11.5 Å². The SMILES string of the molecule is Cc1cc(NCCNC(=O)C(C)C)nc(-c2cccc([N+](=O)[O-])c2)n1. The fraction of sp³-hybridized carbons (Fsp3) is 0.353. The van der Waals surface area contributed by atoms with Gasteiger partial charge in [0, 0.05) is 48.5 Å². The summed E-state index contributed by atoms with van der Waals surface area (Å²) in [6.07, 6.45) is 0. The second kappa shape index (κ2) is 8.18. The lowest BCUT2D eigenvalue weighted by Gasteiger charge is -2.10. The van der Waals surface area contributed by atoms with Crippen molar-refractivity contribution in [2.24, 2.45) is 5.92 Å². The summed E-state index contributed by atoms with van der Waals surface area (Å²) < 4.78 is 0. The number of non-ortho nitro benzene ring substituents is 1. The van der Waals surface area contributed by atoms with Crippen LogP contribution in [0.15, 0.2) is 30.3 Å². The number of aryl methyl sites for hydroxylation is 1. The van der Waals surface area contributed by atoms with Gasteiger partial charge in [0.25, 0.3) is 5.69 Å². The van der Waals surface area contributed by atoms with E-state index in [0.717, 1.165) is 5.69 Å². The van der Waals surface area contributed by atoms with Crippen molar-refractivity contribution in [1.29, 1.82) is 0 Å². The summed E-state index contributed by atoms with van der Waals surface area (Å²) >= 11 is 0. The maximum atomic E-state index is 11.5. The van der Waals surface area contributed by atoms with Crippen LogP contribution in [-0.4, -0.2) is 33.9 Å². The third-order valence-corrected chi connectivity index (χ3v) is 3.42. The smallest absolute Gasteiger partial charge is 0.270 e. The Labute approximate surface area is 145 Å². The van der Waals surface area contributed by atoms with E-state index in [1.807, 2.05) is 20.8 Å². The molecule has 1 aromatic heterocycles. The van der Waals surface area contributed by atoms with Crippen molar-refractivity contribution in [2.45, 2.75) is 20.8 Å². The molecule has 1 heterocycles. The molecule has 25 heavy (non-hydrogen) atoms. The van der Waals surface area contributed by atoms with Gasteiger partial charge in [-0.15, -0.1) is 0 Å². The molecule has 1 aromatic carbocycles. The number of nitrogens with one attached hydrogen (secondary N) is 2. The van der Waals surface area contributed by atoms with Gasteiger partial charge >= 0.3 is 0 Å². The molecule has 0 bridgehead atoms. The highest BCUT2D eigenvalue weighted by Gasteiger charge is 2.11. The van der Waals surface area contributed by atoms with Gasteiger partial charge < -0.3 is 10.6 Å². The number of anilines is 1. The van der Waals surface area contributed by atoms with Crippen molar-refractivity contribution >= 4 is 17.4 Å². The number of amides is 1. The maximum absolute atomic E-state index is 11.5. The van der Waals surface area contributed by atoms with Crippen LogP contribution < -0.4 is 10.6 Å². The maximum Gasteiger partial charge on any atom is 0.270 e. The van der Waals surface area contributed by atoms with Crippen molar-refractivity contribution in [3.8, 4) is 11.4 Å². The molecule has 0 radical (unpaired) electrons. The van der Waals surface area contributed by atoms with Crippen LogP contribution in [0.3, 0.4) is 0 Å². The summed E-state index contributed by atoms with van der Waals surface area (Å²) in [4.78, 5) is 30.7. The number of hydrogen-bond donors (Lipinski definition) is 2. The van der Waals surface area contributed by atoms with Crippen LogP contribution in [0.1, 0.15) is 19.5 Å². The van der Waals surface area contributed by atoms with Crippen LogP contribution in [0.2, 0.25) is 0 Å². The van der Waals surface area contributed by atoms with Gasteiger partial charge in [-0.25, -0.2) is 9.97 Å². The van der Waals surface area contributed by atoms with E-state index in [9.17, 15) is 14.9 Å². The Morgan fingerprint density at radius 2 is 2.00 bits per heavy atom. The van der Waals surface area contributed by atoms with Crippen LogP contribution in [-0.2, 0) is 4.79 Å². The van der Waals surface area contributed by atoms with E-state index in [1.165, 1.54) is 12.1 Å². The minimum atomic E-state index is -0.449. The minimum absolute atomic E-state index is 0.00190. The number of hydrogen-bond acceptors (Lipinski definition) is 6. The largest absolute Gasteiger partial charge is 0.368 e. The third-order valence-electron chi connectivity index (χ3n) is 3.42. The van der Waals surface area contributed by atoms with E-state index >= 15 is 0 Å². The number of carbonyl (C=O) groups excluding carboxylic acids is 1. The number of benzene rings is 1. The molecule has 0 saturated carbocycles. The molecule has 2 N–H and O–H groups in total. The summed E-state index contributed by atoms with van der Waals surface area (Å²) in [6, 6.07) is 7.99. The summed E-state index contributed by atoms with van der Waals surface area (Å²) in [5.74, 6) is 0.963. The first-order valence-corrected chi connectivity index (χ1v) is 7.99. The van der Waals surface area contributed by atoms with Gasteiger partial charge in [-0.1, -0.05) is 26.0 Å². The molecular weight excluding hydrogens is 322 g/mol. The summed E-state index contributed by atoms with van der Waals surface area (Å²) in [5.41, 5.74) is 1.31. The summed E-state index contributed by atoms with van der Waals surface area (Å²) in [6.45, 7) is 6.49. The predicted molar refractivity (Wildman–Crippen MR) is 95.2 cm³/mol. The van der Waals surface area contributed by atoms with Gasteiger partial charge in [-0.3, -0.25) is 14.9 Å². The Hall–Kier alpha value is -3.03. The molecule has 8 heteroatoms. The quantitative estimate of drug-likeness (QED) is 0.454. The number of nitro groups is 1. The predicted octanol–water partition coefficient (Wildman–Crippen LogP) is 2.54. The van der Waals surface area contributed by atoms with E-state index in [-0.39, 0.29) is 17.5 Å². The first kappa shape index (κ1) is 18.3. The lowest BCUT2D eigenvalue weighted by Crippen LogP contribution is -2.32. The van der Waals surface area contributed by atoms with Crippen molar-refractivity contribution in [2.75, 3.05) is 18.4 Å². The highest BCUT2D eigenvalue weighted by molar-refractivity contribution is 5.77. The summed E-state index contributed by atoms with van der Waals surface area (Å²) in [5, 5.41) is 16.9. The average molecular weight is 343 g/mol. The number of nitro benzene ring substituents is 1. The number of rotatable bonds is 7. The van der Waals surface area contributed by atoms with Gasteiger partial charge in [0.05, 0.1) is 4.92 Å². The molecule has 1 amide bonds. The number of carbonyl (C=O) groups is 1.